The summed E-state index contributed by atoms with van der Waals surface area (Å²) in [6, 6.07) is 2.09. The van der Waals surface area contributed by atoms with Crippen LogP contribution >= 0.6 is 0 Å². The van der Waals surface area contributed by atoms with Crippen molar-refractivity contribution in [2.75, 3.05) is 0 Å². The molecule has 110 valence electrons. The molecule has 0 saturated carbocycles. The smallest absolute Gasteiger partial charge is 0.338 e. The molecule has 1 rings (SSSR count). The Balaban J connectivity index is 2.72. The number of esters is 1. The molecule has 0 radical (unpaired) electrons. The average Bonchev–Trinajstić information content (AvgIpc) is 2.43. The molecule has 1 atom stereocenters. The molecule has 0 spiro atoms. The number of carbonyl (C=O) groups excluding carboxylic acids is 1. The number of phenolic OH excluding ortho intramolecular Hbond substituents is 3. The van der Waals surface area contributed by atoms with Gasteiger partial charge in [0.15, 0.2) is 17.2 Å². The third kappa shape index (κ3) is 4.19. The highest BCUT2D eigenvalue weighted by molar-refractivity contribution is 5.91. The van der Waals surface area contributed by atoms with Gasteiger partial charge in [-0.05, 0) is 25.0 Å². The molecule has 1 unspecified atom stereocenters. The SMILES string of the molecule is C=CC(CCCCC)OC(=O)c1cc(O)c(O)c(O)c1. The molecule has 5 heteroatoms. The van der Waals surface area contributed by atoms with Crippen LogP contribution in [-0.2, 0) is 4.74 Å². The number of hydrogen-bond acceptors (Lipinski definition) is 5. The van der Waals surface area contributed by atoms with E-state index in [-0.39, 0.29) is 5.56 Å². The zero-order chi connectivity index (χ0) is 15.1. The second kappa shape index (κ2) is 7.43. The molecule has 0 aliphatic carbocycles. The van der Waals surface area contributed by atoms with Crippen molar-refractivity contribution in [3.05, 3.63) is 30.4 Å². The fraction of sp³-hybridized carbons (Fsp3) is 0.400. The van der Waals surface area contributed by atoms with Crippen molar-refractivity contribution in [2.45, 2.75) is 38.7 Å². The van der Waals surface area contributed by atoms with Crippen LogP contribution in [0.1, 0.15) is 43.0 Å². The molecule has 20 heavy (non-hydrogen) atoms. The summed E-state index contributed by atoms with van der Waals surface area (Å²) in [7, 11) is 0. The summed E-state index contributed by atoms with van der Waals surface area (Å²) in [6.07, 6.45) is 4.85. The van der Waals surface area contributed by atoms with Crippen LogP contribution in [0.2, 0.25) is 0 Å². The van der Waals surface area contributed by atoms with Crippen LogP contribution in [0.25, 0.3) is 0 Å². The van der Waals surface area contributed by atoms with Crippen LogP contribution in [-0.4, -0.2) is 27.4 Å². The minimum Gasteiger partial charge on any atom is -0.504 e. The predicted molar refractivity (Wildman–Crippen MR) is 75.0 cm³/mol. The van der Waals surface area contributed by atoms with Gasteiger partial charge in [0.2, 0.25) is 0 Å². The first kappa shape index (κ1) is 15.9. The monoisotopic (exact) mass is 280 g/mol. The van der Waals surface area contributed by atoms with Crippen molar-refractivity contribution in [2.24, 2.45) is 0 Å². The Hall–Kier alpha value is -2.17. The molecule has 0 bridgehead atoms. The number of hydrogen-bond donors (Lipinski definition) is 3. The van der Waals surface area contributed by atoms with Crippen molar-refractivity contribution in [1.82, 2.24) is 0 Å². The summed E-state index contributed by atoms with van der Waals surface area (Å²) in [5.41, 5.74) is -0.0276. The molecule has 0 aliphatic rings. The van der Waals surface area contributed by atoms with Gasteiger partial charge >= 0.3 is 5.97 Å². The van der Waals surface area contributed by atoms with E-state index in [0.29, 0.717) is 6.42 Å². The van der Waals surface area contributed by atoms with Gasteiger partial charge in [0.1, 0.15) is 6.10 Å². The Labute approximate surface area is 118 Å². The van der Waals surface area contributed by atoms with E-state index < -0.39 is 29.3 Å². The van der Waals surface area contributed by atoms with Gasteiger partial charge in [0.25, 0.3) is 0 Å². The number of carbonyl (C=O) groups is 1. The fourth-order valence-electron chi connectivity index (χ4n) is 1.75. The van der Waals surface area contributed by atoms with Crippen molar-refractivity contribution in [1.29, 1.82) is 0 Å². The third-order valence-corrected chi connectivity index (χ3v) is 2.92. The molecular formula is C15H20O5. The summed E-state index contributed by atoms with van der Waals surface area (Å²) in [5, 5.41) is 27.9. The van der Waals surface area contributed by atoms with Crippen LogP contribution in [0.3, 0.4) is 0 Å². The minimum absolute atomic E-state index is 0.0276. The average molecular weight is 280 g/mol. The largest absolute Gasteiger partial charge is 0.504 e. The first-order valence-electron chi connectivity index (χ1n) is 6.58. The molecule has 0 amide bonds. The van der Waals surface area contributed by atoms with Crippen molar-refractivity contribution >= 4 is 5.97 Å². The van der Waals surface area contributed by atoms with E-state index in [4.69, 9.17) is 4.74 Å². The van der Waals surface area contributed by atoms with E-state index in [1.807, 2.05) is 0 Å². The van der Waals surface area contributed by atoms with Crippen molar-refractivity contribution < 1.29 is 24.9 Å². The zero-order valence-corrected chi connectivity index (χ0v) is 11.5. The Bertz CT molecular complexity index is 458. The number of ether oxygens (including phenoxy) is 1. The van der Waals surface area contributed by atoms with Gasteiger partial charge < -0.3 is 20.1 Å². The molecule has 1 aromatic rings. The first-order valence-corrected chi connectivity index (χ1v) is 6.58. The van der Waals surface area contributed by atoms with Gasteiger partial charge in [-0.3, -0.25) is 0 Å². The molecule has 5 nitrogen and oxygen atoms in total. The number of aromatic hydroxyl groups is 3. The van der Waals surface area contributed by atoms with Gasteiger partial charge in [0.05, 0.1) is 5.56 Å². The standard InChI is InChI=1S/C15H20O5/c1-3-5-6-7-11(4-2)20-15(19)10-8-12(16)14(18)13(17)9-10/h4,8-9,11,16-18H,2-3,5-7H2,1H3. The van der Waals surface area contributed by atoms with E-state index in [2.05, 4.69) is 13.5 Å². The van der Waals surface area contributed by atoms with Crippen LogP contribution < -0.4 is 0 Å². The predicted octanol–water partition coefficient (Wildman–Crippen LogP) is 3.10. The zero-order valence-electron chi connectivity index (χ0n) is 11.5. The van der Waals surface area contributed by atoms with E-state index >= 15 is 0 Å². The lowest BCUT2D eigenvalue weighted by Crippen LogP contribution is -2.16. The normalized spacial score (nSPS) is 11.8. The maximum Gasteiger partial charge on any atom is 0.338 e. The lowest BCUT2D eigenvalue weighted by atomic mass is 10.1. The highest BCUT2D eigenvalue weighted by Gasteiger charge is 2.17. The lowest BCUT2D eigenvalue weighted by molar-refractivity contribution is 0.0376. The molecule has 0 heterocycles. The number of benzene rings is 1. The Kier molecular flexibility index (Phi) is 5.90. The molecule has 0 aromatic heterocycles. The van der Waals surface area contributed by atoms with Gasteiger partial charge in [-0.2, -0.15) is 0 Å². The first-order chi connectivity index (χ1) is 9.49. The van der Waals surface area contributed by atoms with Crippen LogP contribution in [0.4, 0.5) is 0 Å². The molecule has 0 fully saturated rings. The number of rotatable bonds is 7. The molecule has 0 saturated heterocycles. The van der Waals surface area contributed by atoms with E-state index in [0.717, 1.165) is 31.4 Å². The molecule has 0 aliphatic heterocycles. The van der Waals surface area contributed by atoms with E-state index in [1.54, 1.807) is 6.08 Å². The highest BCUT2D eigenvalue weighted by atomic mass is 16.5. The summed E-state index contributed by atoms with van der Waals surface area (Å²) < 4.78 is 5.22. The van der Waals surface area contributed by atoms with Crippen molar-refractivity contribution in [3.8, 4) is 17.2 Å². The lowest BCUT2D eigenvalue weighted by Gasteiger charge is -2.14. The molecular weight excluding hydrogens is 260 g/mol. The van der Waals surface area contributed by atoms with Gasteiger partial charge in [-0.15, -0.1) is 0 Å². The van der Waals surface area contributed by atoms with Crippen molar-refractivity contribution in [3.63, 3.8) is 0 Å². The quantitative estimate of drug-likeness (QED) is 0.309. The second-order valence-corrected chi connectivity index (χ2v) is 4.54. The maximum absolute atomic E-state index is 11.9. The topological polar surface area (TPSA) is 87.0 Å². The van der Waals surface area contributed by atoms with Crippen LogP contribution in [0.15, 0.2) is 24.8 Å². The Morgan fingerprint density at radius 1 is 1.30 bits per heavy atom. The second-order valence-electron chi connectivity index (χ2n) is 4.54. The minimum atomic E-state index is -0.683. The highest BCUT2D eigenvalue weighted by Crippen LogP contribution is 2.35. The Morgan fingerprint density at radius 2 is 1.90 bits per heavy atom. The maximum atomic E-state index is 11.9. The van der Waals surface area contributed by atoms with Gasteiger partial charge in [-0.25, -0.2) is 4.79 Å². The number of phenols is 3. The number of unbranched alkanes of at least 4 members (excludes halogenated alkanes) is 2. The summed E-state index contributed by atoms with van der Waals surface area (Å²) in [4.78, 5) is 11.9. The van der Waals surface area contributed by atoms with Gasteiger partial charge in [0, 0.05) is 0 Å². The van der Waals surface area contributed by atoms with E-state index in [9.17, 15) is 20.1 Å². The third-order valence-electron chi connectivity index (χ3n) is 2.92. The Morgan fingerprint density at radius 3 is 2.40 bits per heavy atom. The van der Waals surface area contributed by atoms with Gasteiger partial charge in [-0.1, -0.05) is 32.4 Å². The molecule has 1 aromatic carbocycles. The van der Waals surface area contributed by atoms with E-state index in [1.165, 1.54) is 0 Å². The summed E-state index contributed by atoms with van der Waals surface area (Å²) in [6.45, 7) is 5.70. The summed E-state index contributed by atoms with van der Waals surface area (Å²) in [5.74, 6) is -2.49. The molecule has 3 N–H and O–H groups in total. The fourth-order valence-corrected chi connectivity index (χ4v) is 1.75. The van der Waals surface area contributed by atoms with Crippen LogP contribution in [0, 0.1) is 0 Å². The summed E-state index contributed by atoms with van der Waals surface area (Å²) >= 11 is 0. The van der Waals surface area contributed by atoms with Crippen LogP contribution in [0.5, 0.6) is 17.2 Å².